The highest BCUT2D eigenvalue weighted by Gasteiger charge is 2.19. The van der Waals surface area contributed by atoms with Crippen LogP contribution in [0, 0.1) is 10.1 Å². The van der Waals surface area contributed by atoms with Gasteiger partial charge in [0.15, 0.2) is 11.0 Å². The zero-order valence-corrected chi connectivity index (χ0v) is 19.1. The van der Waals surface area contributed by atoms with Crippen LogP contribution in [0.15, 0.2) is 54.2 Å². The van der Waals surface area contributed by atoms with Crippen molar-refractivity contribution in [3.63, 3.8) is 0 Å². The van der Waals surface area contributed by atoms with Crippen molar-refractivity contribution in [2.45, 2.75) is 11.7 Å². The number of ether oxygens (including phenoxy) is 1. The Labute approximate surface area is 197 Å². The van der Waals surface area contributed by atoms with Gasteiger partial charge in [0, 0.05) is 23.7 Å². The number of nitro groups is 1. The van der Waals surface area contributed by atoms with Crippen molar-refractivity contribution in [1.29, 1.82) is 0 Å². The Hall–Kier alpha value is -3.08. The summed E-state index contributed by atoms with van der Waals surface area (Å²) in [6.07, 6.45) is 1.68. The van der Waals surface area contributed by atoms with E-state index in [4.69, 9.17) is 27.9 Å². The lowest BCUT2D eigenvalue weighted by Gasteiger charge is -2.11. The number of carbonyl (C=O) groups excluding carboxylic acids is 1. The van der Waals surface area contributed by atoms with Crippen LogP contribution in [0.1, 0.15) is 0 Å². The molecular weight excluding hydrogens is 477 g/mol. The first kappa shape index (κ1) is 23.6. The summed E-state index contributed by atoms with van der Waals surface area (Å²) in [5, 5.41) is 23.1. The molecule has 1 aromatic heterocycles. The Bertz CT molecular complexity index is 1180. The average Bonchev–Trinajstić information content (AvgIpc) is 3.16. The number of nitro benzene ring substituents is 1. The van der Waals surface area contributed by atoms with E-state index >= 15 is 0 Å². The Kier molecular flexibility index (Phi) is 7.73. The predicted octanol–water partition coefficient (Wildman–Crippen LogP) is 5.09. The minimum Gasteiger partial charge on any atom is -0.496 e. The number of aromatic nitrogens is 3. The Balaban J connectivity index is 1.80. The van der Waals surface area contributed by atoms with Gasteiger partial charge in [0.25, 0.3) is 5.69 Å². The minimum atomic E-state index is -0.565. The number of halogens is 2. The van der Waals surface area contributed by atoms with Crippen molar-refractivity contribution in [3.8, 4) is 17.1 Å². The van der Waals surface area contributed by atoms with Gasteiger partial charge in [0.2, 0.25) is 5.91 Å². The van der Waals surface area contributed by atoms with Crippen molar-refractivity contribution in [1.82, 2.24) is 14.8 Å². The molecule has 1 amide bonds. The van der Waals surface area contributed by atoms with E-state index in [1.165, 1.54) is 18.2 Å². The molecule has 32 heavy (non-hydrogen) atoms. The maximum atomic E-state index is 12.4. The number of allylic oxidation sites excluding steroid dienone is 1. The smallest absolute Gasteiger partial charge is 0.271 e. The predicted molar refractivity (Wildman–Crippen MR) is 125 cm³/mol. The lowest BCUT2D eigenvalue weighted by molar-refractivity contribution is -0.384. The highest BCUT2D eigenvalue weighted by atomic mass is 35.5. The third kappa shape index (κ3) is 5.39. The molecule has 0 fully saturated rings. The molecule has 1 N–H and O–H groups in total. The normalized spacial score (nSPS) is 10.6. The van der Waals surface area contributed by atoms with E-state index in [1.807, 2.05) is 0 Å². The molecule has 1 heterocycles. The number of thioether (sulfide) groups is 1. The summed E-state index contributed by atoms with van der Waals surface area (Å²) in [6, 6.07) is 8.97. The number of rotatable bonds is 9. The number of methoxy groups -OCH3 is 1. The number of hydrogen-bond acceptors (Lipinski definition) is 7. The molecule has 0 aliphatic rings. The van der Waals surface area contributed by atoms with Crippen LogP contribution >= 0.6 is 35.0 Å². The lowest BCUT2D eigenvalue weighted by atomic mass is 10.2. The van der Waals surface area contributed by atoms with E-state index in [9.17, 15) is 14.9 Å². The van der Waals surface area contributed by atoms with Gasteiger partial charge in [-0.2, -0.15) is 0 Å². The summed E-state index contributed by atoms with van der Waals surface area (Å²) in [6.45, 7) is 4.15. The minimum absolute atomic E-state index is 0.0268. The summed E-state index contributed by atoms with van der Waals surface area (Å²) in [5.74, 6) is 0.643. The van der Waals surface area contributed by atoms with Crippen molar-refractivity contribution < 1.29 is 14.5 Å². The van der Waals surface area contributed by atoms with E-state index in [1.54, 1.807) is 36.0 Å². The number of nitrogens with one attached hydrogen (secondary N) is 1. The van der Waals surface area contributed by atoms with Crippen molar-refractivity contribution in [2.24, 2.45) is 0 Å². The summed E-state index contributed by atoms with van der Waals surface area (Å²) in [7, 11) is 1.54. The first-order valence-electron chi connectivity index (χ1n) is 9.08. The molecule has 0 aliphatic carbocycles. The number of nitrogens with zero attached hydrogens (tertiary/aromatic N) is 4. The molecule has 0 bridgehead atoms. The summed E-state index contributed by atoms with van der Waals surface area (Å²) in [5.41, 5.74) is 0.626. The van der Waals surface area contributed by atoms with E-state index in [-0.39, 0.29) is 22.2 Å². The van der Waals surface area contributed by atoms with E-state index in [0.29, 0.717) is 33.9 Å². The first-order chi connectivity index (χ1) is 15.3. The van der Waals surface area contributed by atoms with Crippen LogP contribution in [0.3, 0.4) is 0 Å². The second kappa shape index (κ2) is 10.5. The molecule has 3 rings (SSSR count). The lowest BCUT2D eigenvalue weighted by Crippen LogP contribution is -2.15. The van der Waals surface area contributed by atoms with Crippen LogP contribution in [0.25, 0.3) is 11.4 Å². The number of amides is 1. The number of anilines is 1. The molecular formula is C20H17Cl2N5O4S. The highest BCUT2D eigenvalue weighted by molar-refractivity contribution is 7.99. The molecule has 9 nitrogen and oxygen atoms in total. The number of carbonyl (C=O) groups is 1. The van der Waals surface area contributed by atoms with Gasteiger partial charge < -0.3 is 10.1 Å². The van der Waals surface area contributed by atoms with E-state index < -0.39 is 10.8 Å². The van der Waals surface area contributed by atoms with Gasteiger partial charge in [-0.25, -0.2) is 0 Å². The second-order valence-corrected chi connectivity index (χ2v) is 8.09. The van der Waals surface area contributed by atoms with E-state index in [2.05, 4.69) is 22.1 Å². The standard InChI is InChI=1S/C20H17Cl2N5O4S/c1-3-8-26-19(14-9-12(21)4-7-17(14)31-2)24-25-20(26)32-11-18(28)23-16-10-13(27(29)30)5-6-15(16)22/h3-7,9-10H,1,8,11H2,2H3,(H,23,28). The largest absolute Gasteiger partial charge is 0.496 e. The van der Waals surface area contributed by atoms with Gasteiger partial charge in [0.05, 0.1) is 34.1 Å². The van der Waals surface area contributed by atoms with Crippen LogP contribution in [0.5, 0.6) is 5.75 Å². The van der Waals surface area contributed by atoms with Crippen LogP contribution in [-0.2, 0) is 11.3 Å². The topological polar surface area (TPSA) is 112 Å². The maximum absolute atomic E-state index is 12.4. The Morgan fingerprint density at radius 1 is 1.31 bits per heavy atom. The Morgan fingerprint density at radius 2 is 2.09 bits per heavy atom. The fraction of sp³-hybridized carbons (Fsp3) is 0.150. The fourth-order valence-corrected chi connectivity index (χ4v) is 3.87. The van der Waals surface area contributed by atoms with Gasteiger partial charge in [-0.3, -0.25) is 19.5 Å². The van der Waals surface area contributed by atoms with Crippen LogP contribution in [0.4, 0.5) is 11.4 Å². The molecule has 3 aromatic rings. The zero-order chi connectivity index (χ0) is 23.3. The molecule has 0 saturated heterocycles. The first-order valence-corrected chi connectivity index (χ1v) is 10.8. The Morgan fingerprint density at radius 3 is 2.78 bits per heavy atom. The maximum Gasteiger partial charge on any atom is 0.271 e. The highest BCUT2D eigenvalue weighted by Crippen LogP contribution is 2.33. The molecule has 0 saturated carbocycles. The van der Waals surface area contributed by atoms with Gasteiger partial charge >= 0.3 is 0 Å². The van der Waals surface area contributed by atoms with Gasteiger partial charge in [-0.15, -0.1) is 16.8 Å². The van der Waals surface area contributed by atoms with Crippen molar-refractivity contribution in [3.05, 3.63) is 69.2 Å². The van der Waals surface area contributed by atoms with E-state index in [0.717, 1.165) is 11.8 Å². The molecule has 0 atom stereocenters. The number of benzene rings is 2. The second-order valence-electron chi connectivity index (χ2n) is 6.31. The third-order valence-electron chi connectivity index (χ3n) is 4.20. The van der Waals surface area contributed by atoms with Gasteiger partial charge in [0.1, 0.15) is 5.75 Å². The van der Waals surface area contributed by atoms with Crippen molar-refractivity contribution >= 4 is 52.2 Å². The monoisotopic (exact) mass is 493 g/mol. The molecule has 2 aromatic carbocycles. The van der Waals surface area contributed by atoms with Crippen LogP contribution in [-0.4, -0.2) is 38.5 Å². The number of non-ortho nitro benzene ring substituents is 1. The summed E-state index contributed by atoms with van der Waals surface area (Å²) in [4.78, 5) is 22.8. The zero-order valence-electron chi connectivity index (χ0n) is 16.7. The van der Waals surface area contributed by atoms with Gasteiger partial charge in [-0.05, 0) is 24.3 Å². The molecule has 0 unspecified atom stereocenters. The third-order valence-corrected chi connectivity index (χ3v) is 5.73. The number of hydrogen-bond donors (Lipinski definition) is 1. The van der Waals surface area contributed by atoms with Gasteiger partial charge in [-0.1, -0.05) is 41.0 Å². The van der Waals surface area contributed by atoms with Crippen LogP contribution in [0.2, 0.25) is 10.0 Å². The molecule has 0 spiro atoms. The fourth-order valence-electron chi connectivity index (χ4n) is 2.78. The molecule has 12 heteroatoms. The SMILES string of the molecule is C=CCn1c(SCC(=O)Nc2cc([N+](=O)[O-])ccc2Cl)nnc1-c1cc(Cl)ccc1OC. The molecule has 0 aliphatic heterocycles. The van der Waals surface area contributed by atoms with Crippen LogP contribution < -0.4 is 10.1 Å². The molecule has 166 valence electrons. The summed E-state index contributed by atoms with van der Waals surface area (Å²) >= 11 is 13.3. The average molecular weight is 494 g/mol. The van der Waals surface area contributed by atoms with Crippen molar-refractivity contribution in [2.75, 3.05) is 18.2 Å². The molecule has 0 radical (unpaired) electrons. The summed E-state index contributed by atoms with van der Waals surface area (Å²) < 4.78 is 7.18. The quantitative estimate of drug-likeness (QED) is 0.191.